The Morgan fingerprint density at radius 2 is 0.640 bits per heavy atom. The second-order valence-corrected chi connectivity index (χ2v) is 39.0. The minimum Gasteiger partial charge on any atom is -0.330 e. The summed E-state index contributed by atoms with van der Waals surface area (Å²) < 4.78 is 35.1. The molecule has 16 nitrogen and oxygen atoms in total. The number of hydrogen-bond acceptors (Lipinski definition) is 8. The van der Waals surface area contributed by atoms with Crippen molar-refractivity contribution in [1.82, 2.24) is 38.2 Å². The Kier molecular flexibility index (Phi) is 39.9. The van der Waals surface area contributed by atoms with Crippen molar-refractivity contribution >= 4 is 69.6 Å². The fourth-order valence-corrected chi connectivity index (χ4v) is 17.8. The van der Waals surface area contributed by atoms with Crippen LogP contribution in [0.5, 0.6) is 0 Å². The van der Waals surface area contributed by atoms with Crippen molar-refractivity contribution < 1.29 is 28.0 Å². The van der Waals surface area contributed by atoms with Gasteiger partial charge in [0.25, 0.3) is 0 Å². The third kappa shape index (κ3) is 33.4. The number of halogens is 4. The van der Waals surface area contributed by atoms with Crippen LogP contribution in [0.1, 0.15) is 214 Å². The van der Waals surface area contributed by atoms with E-state index in [1.807, 2.05) is 175 Å². The van der Waals surface area contributed by atoms with Gasteiger partial charge in [-0.05, 0) is 296 Å². The number of nitrogens with zero attached hydrogens (tertiary/aromatic N) is 8. The SMILES string of the molecule is CC1=C(/C=C/C(C)=C/C=C/C(C)=C/C(=O)Nc2ccc(F)cc2)C(C)(C)CCC1n1ccnc1.CC1=C(/C=C/C(C)=C/C=C/C(C)=C/C(=O)Nc2cccc(Cl)c2)C(C)(C)CCC1n1ccnc1.CC1=C(/C=C/C(C)=C/C=C/C(C)=C/C(=O)Nc2cccc(F)c2)C(C)(C)CCC1n1ccnc1.CC1=C(/C=C/C(C)=C/C=C/C(C)=C/C(=O)Nc2ccccc2Cl)C(C)(C)CCC1n1ccnc1. The molecular weight excluding hydrogens is 1730 g/mol. The normalized spacial score (nSPS) is 19.3. The van der Waals surface area contributed by atoms with Crippen LogP contribution < -0.4 is 21.3 Å². The molecule has 20 heteroatoms. The Morgan fingerprint density at radius 1 is 0.346 bits per heavy atom. The number of rotatable bonds is 28. The highest BCUT2D eigenvalue weighted by Gasteiger charge is 2.37. The van der Waals surface area contributed by atoms with Gasteiger partial charge in [0, 0.05) is 96.0 Å². The van der Waals surface area contributed by atoms with Crippen molar-refractivity contribution in [2.75, 3.05) is 21.3 Å². The summed E-state index contributed by atoms with van der Waals surface area (Å²) in [6.45, 7) is 43.3. The highest BCUT2D eigenvalue weighted by atomic mass is 35.5. The summed E-state index contributed by atoms with van der Waals surface area (Å²) in [5.41, 5.74) is 21.8. The van der Waals surface area contributed by atoms with Gasteiger partial charge in [0.05, 0.1) is 60.2 Å². The monoisotopic (exact) mass is 1870 g/mol. The Bertz CT molecular complexity index is 5940. The van der Waals surface area contributed by atoms with Crippen LogP contribution in [0.4, 0.5) is 31.5 Å². The molecule has 4 aliphatic rings. The van der Waals surface area contributed by atoms with Crippen LogP contribution in [0.15, 0.2) is 407 Å². The third-order valence-corrected chi connectivity index (χ3v) is 25.7. The molecule has 4 aliphatic carbocycles. The molecule has 0 saturated carbocycles. The van der Waals surface area contributed by atoms with Crippen molar-refractivity contribution in [3.05, 3.63) is 429 Å². The molecule has 4 aromatic carbocycles. The van der Waals surface area contributed by atoms with Gasteiger partial charge >= 0.3 is 0 Å². The molecular formula is C116H136Cl2F2N12O4. The molecule has 4 unspecified atom stereocenters. The number of carbonyl (C=O) groups is 4. The lowest BCUT2D eigenvalue weighted by atomic mass is 9.71. The number of nitrogens with one attached hydrogen (secondary N) is 4. The summed E-state index contributed by atoms with van der Waals surface area (Å²) in [5, 5.41) is 12.1. The summed E-state index contributed by atoms with van der Waals surface area (Å²) in [7, 11) is 0. The molecule has 4 amide bonds. The first kappa shape index (κ1) is 107. The molecule has 0 spiro atoms. The second kappa shape index (κ2) is 51.0. The van der Waals surface area contributed by atoms with E-state index in [9.17, 15) is 28.0 Å². The van der Waals surface area contributed by atoms with Gasteiger partial charge in [-0.15, -0.1) is 0 Å². The number of para-hydroxylation sites is 1. The van der Waals surface area contributed by atoms with Crippen LogP contribution in [0.25, 0.3) is 0 Å². The molecule has 0 saturated heterocycles. The first-order valence-corrected chi connectivity index (χ1v) is 47.2. The molecule has 4 heterocycles. The van der Waals surface area contributed by atoms with Crippen LogP contribution in [0, 0.1) is 33.3 Å². The lowest BCUT2D eigenvalue weighted by Gasteiger charge is -2.38. The summed E-state index contributed by atoms with van der Waals surface area (Å²) in [4.78, 5) is 65.6. The molecule has 712 valence electrons. The van der Waals surface area contributed by atoms with Gasteiger partial charge < -0.3 is 39.5 Å². The standard InChI is InChI=1S/2C29H34ClN3O.2C29H34FN3O/c1-21(8-6-9-22(2)18-28(34)32-25-11-7-10-24(30)19-25)12-13-26-23(3)27(14-15-29(26,4)5)33-17-16-31-20-33;1-21(9-8-10-22(2)19-28(34)32-26-12-7-6-11-25(26)30)13-14-24-23(3)27(15-16-29(24,4)5)33-18-17-31-20-33;1-21(8-6-9-22(2)18-28(34)32-25-11-7-10-24(30)19-25)12-13-26-23(3)27(14-15-29(26,4)5)33-17-16-31-20-33;1-21(7-6-8-22(2)19-28(34)32-25-12-10-24(30)11-13-25)9-14-26-23(3)27(15-16-29(26,4)5)33-18-17-31-20-33/h6-13,16-20,27H,14-15H2,1-5H3,(H,32,34);6-14,17-20,27H,15-16H2,1-5H3,(H,32,34);6-13,16-20,27H,14-15H2,1-5H3,(H,32,34);6-14,17-20,27H,15-16H2,1-5H3,(H,32,34)/b9-6+,13-12+,21-8+,22-18+;10-8+,14-13+,21-9+,22-19+;9-6+,13-12+,21-8+,22-18+;8-6+,14-9+,21-7+,22-19+. The minimum atomic E-state index is -0.383. The molecule has 4 atom stereocenters. The van der Waals surface area contributed by atoms with E-state index in [-0.39, 0.29) is 56.9 Å². The Balaban J connectivity index is 0.000000203. The number of imidazole rings is 4. The zero-order valence-electron chi connectivity index (χ0n) is 82.7. The number of amides is 4. The van der Waals surface area contributed by atoms with Gasteiger partial charge in [0.15, 0.2) is 0 Å². The molecule has 0 bridgehead atoms. The van der Waals surface area contributed by atoms with Crippen molar-refractivity contribution in [1.29, 1.82) is 0 Å². The highest BCUT2D eigenvalue weighted by Crippen LogP contribution is 2.49. The Labute approximate surface area is 816 Å². The topological polar surface area (TPSA) is 188 Å². The van der Waals surface area contributed by atoms with E-state index in [0.29, 0.717) is 57.0 Å². The lowest BCUT2D eigenvalue weighted by molar-refractivity contribution is -0.112. The number of aromatic nitrogens is 8. The molecule has 8 aromatic rings. The van der Waals surface area contributed by atoms with Crippen LogP contribution in [0.3, 0.4) is 0 Å². The van der Waals surface area contributed by atoms with Crippen LogP contribution in [-0.4, -0.2) is 61.8 Å². The fraction of sp³-hybridized carbons (Fsp3) is 0.310. The maximum absolute atomic E-state index is 13.3. The van der Waals surface area contributed by atoms with Crippen LogP contribution in [0.2, 0.25) is 10.0 Å². The van der Waals surface area contributed by atoms with Crippen molar-refractivity contribution in [2.24, 2.45) is 21.7 Å². The largest absolute Gasteiger partial charge is 0.330 e. The molecule has 12 rings (SSSR count). The van der Waals surface area contributed by atoms with E-state index in [2.05, 4.69) is 237 Å². The van der Waals surface area contributed by atoms with E-state index in [4.69, 9.17) is 23.2 Å². The summed E-state index contributed by atoms with van der Waals surface area (Å²) in [6, 6.07) is 27.3. The van der Waals surface area contributed by atoms with E-state index in [0.717, 1.165) is 96.0 Å². The van der Waals surface area contributed by atoms with Crippen LogP contribution in [-0.2, 0) is 19.2 Å². The van der Waals surface area contributed by atoms with Crippen molar-refractivity contribution in [3.8, 4) is 0 Å². The Morgan fingerprint density at radius 3 is 0.934 bits per heavy atom. The first-order chi connectivity index (χ1) is 64.6. The fourth-order valence-electron chi connectivity index (χ4n) is 17.4. The smallest absolute Gasteiger partial charge is 0.248 e. The van der Waals surface area contributed by atoms with Gasteiger partial charge in [0.1, 0.15) is 11.6 Å². The van der Waals surface area contributed by atoms with E-state index in [1.54, 1.807) is 54.6 Å². The maximum Gasteiger partial charge on any atom is 0.248 e. The first-order valence-electron chi connectivity index (χ1n) is 46.5. The minimum absolute atomic E-state index is 0.127. The third-order valence-electron chi connectivity index (χ3n) is 25.1. The van der Waals surface area contributed by atoms with Crippen molar-refractivity contribution in [3.63, 3.8) is 0 Å². The zero-order valence-corrected chi connectivity index (χ0v) is 84.2. The van der Waals surface area contributed by atoms with Crippen LogP contribution >= 0.6 is 23.2 Å². The molecule has 0 radical (unpaired) electrons. The van der Waals surface area contributed by atoms with Gasteiger partial charge in [0.2, 0.25) is 23.6 Å². The summed E-state index contributed by atoms with van der Waals surface area (Å²) in [5.74, 6) is -1.64. The predicted octanol–water partition coefficient (Wildman–Crippen LogP) is 30.4. The molecule has 136 heavy (non-hydrogen) atoms. The average Bonchev–Trinajstić information content (AvgIpc) is 1.27. The number of benzene rings is 4. The molecule has 0 aliphatic heterocycles. The zero-order chi connectivity index (χ0) is 98.9. The predicted molar refractivity (Wildman–Crippen MR) is 561 cm³/mol. The van der Waals surface area contributed by atoms with Gasteiger partial charge in [-0.2, -0.15) is 0 Å². The van der Waals surface area contributed by atoms with E-state index >= 15 is 0 Å². The van der Waals surface area contributed by atoms with Gasteiger partial charge in [-0.3, -0.25) is 19.2 Å². The number of hydrogen-bond donors (Lipinski definition) is 4. The summed E-state index contributed by atoms with van der Waals surface area (Å²) in [6.07, 6.45) is 79.6. The summed E-state index contributed by atoms with van der Waals surface area (Å²) >= 11 is 12.1. The lowest BCUT2D eigenvalue weighted by Crippen LogP contribution is -2.25. The van der Waals surface area contributed by atoms with Crippen molar-refractivity contribution in [2.45, 2.75) is 214 Å². The number of allylic oxidation sites excluding steroid dienone is 36. The molecule has 4 N–H and O–H groups in total. The maximum atomic E-state index is 13.3. The highest BCUT2D eigenvalue weighted by molar-refractivity contribution is 6.33. The molecule has 0 fully saturated rings. The van der Waals surface area contributed by atoms with E-state index < -0.39 is 0 Å². The molecule has 4 aromatic heterocycles. The Hall–Kier alpha value is -13.2. The van der Waals surface area contributed by atoms with E-state index in [1.165, 1.54) is 93.1 Å². The number of carbonyl (C=O) groups excluding carboxylic acids is 4. The van der Waals surface area contributed by atoms with Gasteiger partial charge in [-0.25, -0.2) is 28.7 Å². The average molecular weight is 1870 g/mol. The number of anilines is 4. The second-order valence-electron chi connectivity index (χ2n) is 38.1. The van der Waals surface area contributed by atoms with Gasteiger partial charge in [-0.1, -0.05) is 247 Å². The quantitative estimate of drug-likeness (QED) is 0.0275.